The zero-order chi connectivity index (χ0) is 10.1. The molecule has 1 aliphatic heterocycles. The number of hydrogen-bond acceptors (Lipinski definition) is 4. The highest BCUT2D eigenvalue weighted by Crippen LogP contribution is 2.08. The maximum Gasteiger partial charge on any atom is 0.277 e. The summed E-state index contributed by atoms with van der Waals surface area (Å²) in [6, 6.07) is 1.62. The van der Waals surface area contributed by atoms with Gasteiger partial charge >= 0.3 is 0 Å². The number of piperazine rings is 1. The van der Waals surface area contributed by atoms with Gasteiger partial charge in [0.05, 0.1) is 6.07 Å². The van der Waals surface area contributed by atoms with Crippen molar-refractivity contribution in [3.05, 3.63) is 0 Å². The maximum atomic E-state index is 10.9. The lowest BCUT2D eigenvalue weighted by Crippen LogP contribution is -2.54. The van der Waals surface area contributed by atoms with E-state index in [0.29, 0.717) is 13.1 Å². The third kappa shape index (κ3) is 2.38. The summed E-state index contributed by atoms with van der Waals surface area (Å²) in [5.74, 6) is 0. The van der Waals surface area contributed by atoms with E-state index >= 15 is 0 Å². The van der Waals surface area contributed by atoms with Crippen LogP contribution in [0.4, 0.5) is 0 Å². The summed E-state index contributed by atoms with van der Waals surface area (Å²) in [4.78, 5) is 1.81. The van der Waals surface area contributed by atoms with Crippen LogP contribution >= 0.6 is 0 Å². The van der Waals surface area contributed by atoms with E-state index in [1.807, 2.05) is 11.0 Å². The molecule has 0 bridgehead atoms. The van der Waals surface area contributed by atoms with Crippen molar-refractivity contribution in [2.45, 2.75) is 6.04 Å². The number of rotatable bonds is 1. The molecule has 0 radical (unpaired) electrons. The molecule has 1 fully saturated rings. The van der Waals surface area contributed by atoms with Gasteiger partial charge in [-0.2, -0.15) is 18.0 Å². The van der Waals surface area contributed by atoms with Crippen molar-refractivity contribution in [1.29, 1.82) is 5.26 Å². The summed E-state index contributed by atoms with van der Waals surface area (Å²) in [6.45, 7) is 1.05. The minimum Gasteiger partial charge on any atom is -0.289 e. The van der Waals surface area contributed by atoms with E-state index in [-0.39, 0.29) is 6.54 Å². The molecule has 13 heavy (non-hydrogen) atoms. The first-order valence-corrected chi connectivity index (χ1v) is 5.33. The molecule has 0 aromatic carbocycles. The molecule has 1 heterocycles. The Balaban J connectivity index is 2.72. The standard InChI is InChI=1S/C6H12N4O2S/c1-9-2-3-10(13(8,11)12)5-6(9)4-7/h6H,2-3,5H2,1H3,(H2,8,11,12). The molecule has 0 amide bonds. The number of likely N-dealkylation sites (N-methyl/N-ethyl adjacent to an activating group) is 1. The predicted octanol–water partition coefficient (Wildman–Crippen LogP) is -1.67. The van der Waals surface area contributed by atoms with E-state index in [4.69, 9.17) is 10.4 Å². The fourth-order valence-electron chi connectivity index (χ4n) is 1.22. The van der Waals surface area contributed by atoms with Gasteiger partial charge in [-0.25, -0.2) is 5.14 Å². The fourth-order valence-corrected chi connectivity index (χ4v) is 1.90. The molecule has 0 aliphatic carbocycles. The van der Waals surface area contributed by atoms with Crippen molar-refractivity contribution in [3.63, 3.8) is 0 Å². The van der Waals surface area contributed by atoms with Gasteiger partial charge in [0.25, 0.3) is 10.2 Å². The lowest BCUT2D eigenvalue weighted by atomic mass is 10.2. The van der Waals surface area contributed by atoms with Crippen molar-refractivity contribution < 1.29 is 8.42 Å². The van der Waals surface area contributed by atoms with Crippen LogP contribution in [0.3, 0.4) is 0 Å². The molecule has 1 unspecified atom stereocenters. The molecule has 1 aliphatic rings. The average Bonchev–Trinajstić information content (AvgIpc) is 2.03. The van der Waals surface area contributed by atoms with Crippen LogP contribution in [-0.2, 0) is 10.2 Å². The Morgan fingerprint density at radius 1 is 1.54 bits per heavy atom. The first-order valence-electron chi connectivity index (χ1n) is 3.83. The van der Waals surface area contributed by atoms with Gasteiger partial charge in [-0.3, -0.25) is 4.90 Å². The van der Waals surface area contributed by atoms with Crippen molar-refractivity contribution in [2.24, 2.45) is 5.14 Å². The van der Waals surface area contributed by atoms with E-state index in [2.05, 4.69) is 0 Å². The Morgan fingerprint density at radius 2 is 2.15 bits per heavy atom. The van der Waals surface area contributed by atoms with Crippen LogP contribution in [-0.4, -0.2) is 50.3 Å². The summed E-state index contributed by atoms with van der Waals surface area (Å²) in [6.07, 6.45) is 0. The number of nitrogens with zero attached hydrogens (tertiary/aromatic N) is 3. The third-order valence-electron chi connectivity index (χ3n) is 2.12. The number of hydrogen-bond donors (Lipinski definition) is 1. The van der Waals surface area contributed by atoms with Crippen molar-refractivity contribution in [2.75, 3.05) is 26.7 Å². The first kappa shape index (κ1) is 10.4. The largest absolute Gasteiger partial charge is 0.289 e. The van der Waals surface area contributed by atoms with E-state index in [1.165, 1.54) is 0 Å². The van der Waals surface area contributed by atoms with Crippen LogP contribution in [0.1, 0.15) is 0 Å². The van der Waals surface area contributed by atoms with Gasteiger partial charge < -0.3 is 0 Å². The molecule has 6 nitrogen and oxygen atoms in total. The molecule has 74 valence electrons. The van der Waals surface area contributed by atoms with Gasteiger partial charge in [0.15, 0.2) is 0 Å². The van der Waals surface area contributed by atoms with Gasteiger partial charge in [-0.15, -0.1) is 0 Å². The molecule has 0 aromatic heterocycles. The summed E-state index contributed by atoms with van der Waals surface area (Å²) in [7, 11) is -1.85. The van der Waals surface area contributed by atoms with Gasteiger partial charge in [-0.1, -0.05) is 0 Å². The van der Waals surface area contributed by atoms with Crippen molar-refractivity contribution in [1.82, 2.24) is 9.21 Å². The highest BCUT2D eigenvalue weighted by atomic mass is 32.2. The minimum atomic E-state index is -3.64. The Hall–Kier alpha value is -0.680. The molecule has 0 aromatic rings. The molecule has 7 heteroatoms. The van der Waals surface area contributed by atoms with Crippen LogP contribution < -0.4 is 5.14 Å². The highest BCUT2D eigenvalue weighted by molar-refractivity contribution is 7.86. The van der Waals surface area contributed by atoms with Gasteiger partial charge in [0.1, 0.15) is 6.04 Å². The fraction of sp³-hybridized carbons (Fsp3) is 0.833. The normalized spacial score (nSPS) is 27.0. The van der Waals surface area contributed by atoms with Crippen molar-refractivity contribution in [3.8, 4) is 6.07 Å². The van der Waals surface area contributed by atoms with Gasteiger partial charge in [-0.05, 0) is 7.05 Å². The summed E-state index contributed by atoms with van der Waals surface area (Å²) in [5.41, 5.74) is 0. The van der Waals surface area contributed by atoms with Crippen LogP contribution in [0.15, 0.2) is 0 Å². The highest BCUT2D eigenvalue weighted by Gasteiger charge is 2.29. The lowest BCUT2D eigenvalue weighted by Gasteiger charge is -2.33. The molecular formula is C6H12N4O2S. The Morgan fingerprint density at radius 3 is 2.62 bits per heavy atom. The second-order valence-electron chi connectivity index (χ2n) is 3.03. The smallest absolute Gasteiger partial charge is 0.277 e. The predicted molar refractivity (Wildman–Crippen MR) is 46.7 cm³/mol. The maximum absolute atomic E-state index is 10.9. The van der Waals surface area contributed by atoms with Crippen LogP contribution in [0.5, 0.6) is 0 Å². The van der Waals surface area contributed by atoms with E-state index in [0.717, 1.165) is 4.31 Å². The Bertz CT molecular complexity index is 320. The lowest BCUT2D eigenvalue weighted by molar-refractivity contribution is 0.182. The average molecular weight is 204 g/mol. The van der Waals surface area contributed by atoms with E-state index in [9.17, 15) is 8.42 Å². The summed E-state index contributed by atoms with van der Waals surface area (Å²) in [5, 5.41) is 13.6. The summed E-state index contributed by atoms with van der Waals surface area (Å²) < 4.78 is 23.0. The quantitative estimate of drug-likeness (QED) is 0.553. The van der Waals surface area contributed by atoms with Crippen LogP contribution in [0.25, 0.3) is 0 Å². The number of nitriles is 1. The third-order valence-corrected chi connectivity index (χ3v) is 3.17. The van der Waals surface area contributed by atoms with Crippen LogP contribution in [0, 0.1) is 11.3 Å². The molecule has 0 saturated carbocycles. The first-order chi connectivity index (χ1) is 5.95. The second kappa shape index (κ2) is 3.59. The molecular weight excluding hydrogens is 192 g/mol. The zero-order valence-corrected chi connectivity index (χ0v) is 8.16. The van der Waals surface area contributed by atoms with Gasteiger partial charge in [0.2, 0.25) is 0 Å². The molecule has 2 N–H and O–H groups in total. The number of nitrogens with two attached hydrogens (primary N) is 1. The van der Waals surface area contributed by atoms with Gasteiger partial charge in [0, 0.05) is 19.6 Å². The van der Waals surface area contributed by atoms with E-state index in [1.54, 1.807) is 7.05 Å². The molecule has 1 saturated heterocycles. The molecule has 1 atom stereocenters. The zero-order valence-electron chi connectivity index (χ0n) is 7.34. The molecule has 0 spiro atoms. The van der Waals surface area contributed by atoms with Crippen LogP contribution in [0.2, 0.25) is 0 Å². The van der Waals surface area contributed by atoms with Crippen molar-refractivity contribution >= 4 is 10.2 Å². The van der Waals surface area contributed by atoms with E-state index < -0.39 is 16.3 Å². The molecule has 1 rings (SSSR count). The summed E-state index contributed by atoms with van der Waals surface area (Å²) >= 11 is 0. The minimum absolute atomic E-state index is 0.159. The Labute approximate surface area is 77.7 Å². The monoisotopic (exact) mass is 204 g/mol. The Kier molecular flexibility index (Phi) is 2.87. The second-order valence-corrected chi connectivity index (χ2v) is 4.57. The SMILES string of the molecule is CN1CCN(S(N)(=O)=O)CC1C#N. The topological polar surface area (TPSA) is 90.4 Å².